The third-order valence-corrected chi connectivity index (χ3v) is 11.6. The molecule has 4 nitrogen and oxygen atoms in total. The predicted octanol–water partition coefficient (Wildman–Crippen LogP) is 12.4. The highest BCUT2D eigenvalue weighted by atomic mass is 15.2. The van der Waals surface area contributed by atoms with Crippen LogP contribution in [-0.2, 0) is 0 Å². The molecule has 0 radical (unpaired) electrons. The molecule has 0 atom stereocenters. The zero-order chi connectivity index (χ0) is 33.7. The molecule has 0 amide bonds. The predicted molar refractivity (Wildman–Crippen MR) is 218 cm³/mol. The Morgan fingerprint density at radius 3 is 1.79 bits per heavy atom. The summed E-state index contributed by atoms with van der Waals surface area (Å²) in [6, 6.07) is 57.3. The van der Waals surface area contributed by atoms with Crippen LogP contribution in [0, 0.1) is 0 Å². The summed E-state index contributed by atoms with van der Waals surface area (Å²) in [4.78, 5) is 10.9. The Kier molecular flexibility index (Phi) is 4.83. The van der Waals surface area contributed by atoms with Crippen molar-refractivity contribution in [3.05, 3.63) is 158 Å². The highest BCUT2D eigenvalue weighted by Gasteiger charge is 2.26. The number of aromatic nitrogens is 4. The summed E-state index contributed by atoms with van der Waals surface area (Å²) in [5, 5.41) is 16.0. The summed E-state index contributed by atoms with van der Waals surface area (Å²) in [7, 11) is 0. The first kappa shape index (κ1) is 26.8. The second kappa shape index (κ2) is 9.39. The SMILES string of the molecule is c1ccc(-c2nc(-n3c4ccc5cccc6c5c4c4c5c(ccc7c8ccc9ccccc9c8n6c75)ccc43)nc3ccc4ccccc4c23)cc1. The minimum absolute atomic E-state index is 0.678. The molecule has 0 aliphatic rings. The Morgan fingerprint density at radius 2 is 0.962 bits per heavy atom. The lowest BCUT2D eigenvalue weighted by atomic mass is 9.98. The Bertz CT molecular complexity index is 3630. The van der Waals surface area contributed by atoms with Crippen molar-refractivity contribution in [1.29, 1.82) is 0 Å². The molecule has 0 unspecified atom stereocenters. The summed E-state index contributed by atoms with van der Waals surface area (Å²) in [6.45, 7) is 0. The van der Waals surface area contributed by atoms with Gasteiger partial charge in [-0.2, -0.15) is 0 Å². The van der Waals surface area contributed by atoms with Gasteiger partial charge in [0.15, 0.2) is 0 Å². The lowest BCUT2D eigenvalue weighted by Crippen LogP contribution is -2.04. The van der Waals surface area contributed by atoms with E-state index < -0.39 is 0 Å². The molecule has 0 fully saturated rings. The van der Waals surface area contributed by atoms with Crippen LogP contribution >= 0.6 is 0 Å². The topological polar surface area (TPSA) is 35.1 Å². The van der Waals surface area contributed by atoms with Gasteiger partial charge in [0.2, 0.25) is 5.95 Å². The Hall–Kier alpha value is -7.04. The smallest absolute Gasteiger partial charge is 0.235 e. The van der Waals surface area contributed by atoms with Gasteiger partial charge in [0, 0.05) is 48.7 Å². The van der Waals surface area contributed by atoms with E-state index in [0.29, 0.717) is 5.95 Å². The molecule has 4 heterocycles. The Balaban J connectivity index is 1.27. The normalized spacial score (nSPS) is 12.6. The Labute approximate surface area is 296 Å². The fraction of sp³-hybridized carbons (Fsp3) is 0. The van der Waals surface area contributed by atoms with Crippen molar-refractivity contribution < 1.29 is 0 Å². The summed E-state index contributed by atoms with van der Waals surface area (Å²) in [6.07, 6.45) is 0. The molecule has 0 aliphatic carbocycles. The standard InChI is InChI=1S/C48H26N4/c1-2-11-31(12-3-1)45-42-32-14-6-4-9-27(32)19-24-36(42)49-48(50-45)51-38-25-20-29-13-8-16-37-40(29)43(38)44-39(51)26-21-30-18-23-35-34-22-17-28-10-5-7-15-33(28)46(34)52(37)47(35)41(30)44/h1-26H. The second-order valence-electron chi connectivity index (χ2n) is 14.1. The van der Waals surface area contributed by atoms with Crippen molar-refractivity contribution in [2.75, 3.05) is 0 Å². The molecule has 0 bridgehead atoms. The maximum absolute atomic E-state index is 5.51. The van der Waals surface area contributed by atoms with E-state index in [4.69, 9.17) is 9.97 Å². The monoisotopic (exact) mass is 658 g/mol. The molecule has 0 aliphatic heterocycles. The molecule has 4 heteroatoms. The second-order valence-corrected chi connectivity index (χ2v) is 14.1. The largest absolute Gasteiger partial charge is 0.307 e. The number of fused-ring (bicyclic) bond motifs is 9. The third kappa shape index (κ3) is 3.19. The summed E-state index contributed by atoms with van der Waals surface area (Å²) in [5.74, 6) is 0.678. The van der Waals surface area contributed by atoms with Gasteiger partial charge in [0.05, 0.1) is 38.8 Å². The van der Waals surface area contributed by atoms with E-state index in [1.165, 1.54) is 75.8 Å². The van der Waals surface area contributed by atoms with Crippen molar-refractivity contribution in [2.45, 2.75) is 0 Å². The van der Waals surface area contributed by atoms with Gasteiger partial charge in [-0.1, -0.05) is 133 Å². The third-order valence-electron chi connectivity index (χ3n) is 11.6. The molecule has 0 saturated carbocycles. The van der Waals surface area contributed by atoms with Gasteiger partial charge in [0.1, 0.15) is 0 Å². The van der Waals surface area contributed by atoms with Gasteiger partial charge in [-0.3, -0.25) is 4.57 Å². The lowest BCUT2D eigenvalue weighted by molar-refractivity contribution is 1.01. The highest BCUT2D eigenvalue weighted by molar-refractivity contribution is 6.38. The van der Waals surface area contributed by atoms with Gasteiger partial charge in [-0.25, -0.2) is 9.97 Å². The van der Waals surface area contributed by atoms with E-state index in [2.05, 4.69) is 167 Å². The van der Waals surface area contributed by atoms with Gasteiger partial charge < -0.3 is 4.40 Å². The van der Waals surface area contributed by atoms with Crippen molar-refractivity contribution >= 4 is 103 Å². The van der Waals surface area contributed by atoms with Crippen LogP contribution in [0.25, 0.3) is 120 Å². The Morgan fingerprint density at radius 1 is 0.346 bits per heavy atom. The average molecular weight is 659 g/mol. The maximum Gasteiger partial charge on any atom is 0.235 e. The number of hydrogen-bond donors (Lipinski definition) is 0. The first-order valence-corrected chi connectivity index (χ1v) is 17.8. The van der Waals surface area contributed by atoms with E-state index in [-0.39, 0.29) is 0 Å². The fourth-order valence-electron chi connectivity index (χ4n) is 9.46. The quantitative estimate of drug-likeness (QED) is 0.173. The zero-order valence-electron chi connectivity index (χ0n) is 27.8. The van der Waals surface area contributed by atoms with Gasteiger partial charge in [-0.05, 0) is 51.2 Å². The number of nitrogens with zero attached hydrogens (tertiary/aromatic N) is 4. The maximum atomic E-state index is 5.51. The van der Waals surface area contributed by atoms with Crippen molar-refractivity contribution in [3.63, 3.8) is 0 Å². The van der Waals surface area contributed by atoms with Crippen LogP contribution in [-0.4, -0.2) is 18.9 Å². The van der Waals surface area contributed by atoms with E-state index in [9.17, 15) is 0 Å². The number of benzene rings is 9. The molecule has 4 aromatic heterocycles. The molecular formula is C48H26N4. The van der Waals surface area contributed by atoms with E-state index in [0.717, 1.165) is 38.6 Å². The van der Waals surface area contributed by atoms with Gasteiger partial charge in [-0.15, -0.1) is 0 Å². The molecule has 13 rings (SSSR count). The van der Waals surface area contributed by atoms with Crippen LogP contribution in [0.4, 0.5) is 0 Å². The minimum atomic E-state index is 0.678. The molecule has 0 N–H and O–H groups in total. The minimum Gasteiger partial charge on any atom is -0.307 e. The summed E-state index contributed by atoms with van der Waals surface area (Å²) < 4.78 is 4.87. The zero-order valence-corrected chi connectivity index (χ0v) is 27.8. The lowest BCUT2D eigenvalue weighted by Gasteiger charge is -2.14. The van der Waals surface area contributed by atoms with Gasteiger partial charge in [0.25, 0.3) is 0 Å². The highest BCUT2D eigenvalue weighted by Crippen LogP contribution is 2.48. The molecule has 13 aromatic rings. The van der Waals surface area contributed by atoms with E-state index in [1.807, 2.05) is 0 Å². The molecule has 9 aromatic carbocycles. The average Bonchev–Trinajstić information content (AvgIpc) is 3.69. The van der Waals surface area contributed by atoms with Crippen LogP contribution in [0.1, 0.15) is 0 Å². The van der Waals surface area contributed by atoms with Crippen LogP contribution < -0.4 is 0 Å². The molecule has 52 heavy (non-hydrogen) atoms. The summed E-state index contributed by atoms with van der Waals surface area (Å²) in [5.41, 5.74) is 8.89. The first-order valence-electron chi connectivity index (χ1n) is 17.8. The number of rotatable bonds is 2. The fourth-order valence-corrected chi connectivity index (χ4v) is 9.46. The van der Waals surface area contributed by atoms with Crippen LogP contribution in [0.3, 0.4) is 0 Å². The molecular weight excluding hydrogens is 633 g/mol. The van der Waals surface area contributed by atoms with E-state index >= 15 is 0 Å². The van der Waals surface area contributed by atoms with Gasteiger partial charge >= 0.3 is 0 Å². The number of hydrogen-bond acceptors (Lipinski definition) is 2. The molecule has 0 saturated heterocycles. The molecule has 238 valence electrons. The van der Waals surface area contributed by atoms with E-state index in [1.54, 1.807) is 0 Å². The molecule has 0 spiro atoms. The summed E-state index contributed by atoms with van der Waals surface area (Å²) >= 11 is 0. The van der Waals surface area contributed by atoms with Crippen molar-refractivity contribution in [2.24, 2.45) is 0 Å². The van der Waals surface area contributed by atoms with Crippen LogP contribution in [0.2, 0.25) is 0 Å². The van der Waals surface area contributed by atoms with Crippen molar-refractivity contribution in [1.82, 2.24) is 18.9 Å². The van der Waals surface area contributed by atoms with Crippen LogP contribution in [0.15, 0.2) is 158 Å². The van der Waals surface area contributed by atoms with Crippen LogP contribution in [0.5, 0.6) is 0 Å². The first-order chi connectivity index (χ1) is 25.8. The van der Waals surface area contributed by atoms with Crippen molar-refractivity contribution in [3.8, 4) is 17.2 Å².